The van der Waals surface area contributed by atoms with Crippen molar-refractivity contribution in [2.24, 2.45) is 0 Å². The van der Waals surface area contributed by atoms with E-state index in [4.69, 9.17) is 4.74 Å². The fourth-order valence-corrected chi connectivity index (χ4v) is 1.57. The van der Waals surface area contributed by atoms with Crippen molar-refractivity contribution >= 4 is 11.6 Å². The van der Waals surface area contributed by atoms with Crippen LogP contribution in [0.2, 0.25) is 0 Å². The number of nitrogens with one attached hydrogen (secondary N) is 1. The Labute approximate surface area is 111 Å². The van der Waals surface area contributed by atoms with E-state index in [1.165, 1.54) is 12.7 Å². The van der Waals surface area contributed by atoms with Crippen molar-refractivity contribution in [1.29, 1.82) is 0 Å². The lowest BCUT2D eigenvalue weighted by Crippen LogP contribution is -2.14. The van der Waals surface area contributed by atoms with Crippen LogP contribution >= 0.6 is 0 Å². The topological polar surface area (TPSA) is 64.1 Å². The van der Waals surface area contributed by atoms with Gasteiger partial charge in [-0.05, 0) is 30.2 Å². The largest absolute Gasteiger partial charge is 0.480 e. The monoisotopic (exact) mass is 257 g/mol. The number of aromatic nitrogens is 2. The first-order valence-corrected chi connectivity index (χ1v) is 6.01. The van der Waals surface area contributed by atoms with E-state index in [9.17, 15) is 4.79 Å². The minimum Gasteiger partial charge on any atom is -0.480 e. The van der Waals surface area contributed by atoms with E-state index in [0.717, 1.165) is 12.1 Å². The zero-order valence-corrected chi connectivity index (χ0v) is 10.9. The fourth-order valence-electron chi connectivity index (χ4n) is 1.57. The second-order valence-electron chi connectivity index (χ2n) is 3.97. The average Bonchev–Trinajstić information content (AvgIpc) is 2.48. The molecule has 0 atom stereocenters. The quantitative estimate of drug-likeness (QED) is 0.912. The van der Waals surface area contributed by atoms with Crippen LogP contribution in [0, 0.1) is 0 Å². The Morgan fingerprint density at radius 3 is 2.42 bits per heavy atom. The smallest absolute Gasteiger partial charge is 0.276 e. The number of amides is 1. The lowest BCUT2D eigenvalue weighted by Gasteiger charge is -2.05. The van der Waals surface area contributed by atoms with Gasteiger partial charge in [-0.25, -0.2) is 0 Å². The molecule has 0 saturated heterocycles. The highest BCUT2D eigenvalue weighted by Crippen LogP contribution is 2.11. The molecule has 0 saturated carbocycles. The molecular weight excluding hydrogens is 242 g/mol. The third-order valence-electron chi connectivity index (χ3n) is 2.70. The summed E-state index contributed by atoms with van der Waals surface area (Å²) in [6.07, 6.45) is 0.970. The van der Waals surface area contributed by atoms with Gasteiger partial charge >= 0.3 is 0 Å². The maximum Gasteiger partial charge on any atom is 0.276 e. The summed E-state index contributed by atoms with van der Waals surface area (Å²) in [5.74, 6) is 0.0863. The number of carbonyl (C=O) groups excluding carboxylic acids is 1. The number of methoxy groups -OCH3 is 1. The SMILES string of the molecule is CCc1ccc(NC(=O)c2ccc(OC)nn2)cc1. The molecule has 0 bridgehead atoms. The summed E-state index contributed by atoms with van der Waals surface area (Å²) in [4.78, 5) is 11.9. The maximum absolute atomic E-state index is 11.9. The van der Waals surface area contributed by atoms with E-state index in [1.807, 2.05) is 24.3 Å². The summed E-state index contributed by atoms with van der Waals surface area (Å²) in [7, 11) is 1.50. The number of nitrogens with zero attached hydrogens (tertiary/aromatic N) is 2. The number of anilines is 1. The van der Waals surface area contributed by atoms with Crippen LogP contribution in [-0.4, -0.2) is 23.2 Å². The highest BCUT2D eigenvalue weighted by Gasteiger charge is 2.08. The third kappa shape index (κ3) is 3.28. The van der Waals surface area contributed by atoms with E-state index < -0.39 is 0 Å². The van der Waals surface area contributed by atoms with Gasteiger partial charge in [0.1, 0.15) is 0 Å². The van der Waals surface area contributed by atoms with E-state index in [1.54, 1.807) is 12.1 Å². The van der Waals surface area contributed by atoms with Crippen molar-refractivity contribution < 1.29 is 9.53 Å². The van der Waals surface area contributed by atoms with Crippen LogP contribution in [0.1, 0.15) is 23.0 Å². The second-order valence-corrected chi connectivity index (χ2v) is 3.97. The predicted molar refractivity (Wildman–Crippen MR) is 72.4 cm³/mol. The summed E-state index contributed by atoms with van der Waals surface area (Å²) in [5.41, 5.74) is 2.21. The molecule has 2 aromatic rings. The lowest BCUT2D eigenvalue weighted by atomic mass is 10.1. The second kappa shape index (κ2) is 5.95. The standard InChI is InChI=1S/C14H15N3O2/c1-3-10-4-6-11(7-5-10)15-14(18)12-8-9-13(19-2)17-16-12/h4-9H,3H2,1-2H3,(H,15,18). The molecular formula is C14H15N3O2. The zero-order chi connectivity index (χ0) is 13.7. The number of hydrogen-bond donors (Lipinski definition) is 1. The van der Waals surface area contributed by atoms with Crippen molar-refractivity contribution in [3.8, 4) is 5.88 Å². The Balaban J connectivity index is 2.06. The van der Waals surface area contributed by atoms with E-state index in [2.05, 4.69) is 22.4 Å². The molecule has 1 amide bonds. The van der Waals surface area contributed by atoms with Gasteiger partial charge in [0.05, 0.1) is 7.11 Å². The van der Waals surface area contributed by atoms with Gasteiger partial charge in [-0.2, -0.15) is 0 Å². The summed E-state index contributed by atoms with van der Waals surface area (Å²) < 4.78 is 4.89. The minimum atomic E-state index is -0.292. The Kier molecular flexibility index (Phi) is 4.07. The van der Waals surface area contributed by atoms with Crippen LogP contribution in [-0.2, 0) is 6.42 Å². The molecule has 2 rings (SSSR count). The third-order valence-corrected chi connectivity index (χ3v) is 2.70. The first-order chi connectivity index (χ1) is 9.22. The van der Waals surface area contributed by atoms with Gasteiger partial charge in [0, 0.05) is 11.8 Å². The molecule has 0 aliphatic rings. The molecule has 0 fully saturated rings. The molecule has 1 heterocycles. The van der Waals surface area contributed by atoms with Crippen LogP contribution in [0.15, 0.2) is 36.4 Å². The fraction of sp³-hybridized carbons (Fsp3) is 0.214. The van der Waals surface area contributed by atoms with Crippen molar-refractivity contribution in [2.75, 3.05) is 12.4 Å². The predicted octanol–water partition coefficient (Wildman–Crippen LogP) is 2.30. The van der Waals surface area contributed by atoms with Gasteiger partial charge in [-0.1, -0.05) is 19.1 Å². The van der Waals surface area contributed by atoms with Gasteiger partial charge in [0.2, 0.25) is 5.88 Å². The van der Waals surface area contributed by atoms with E-state index in [-0.39, 0.29) is 11.6 Å². The Morgan fingerprint density at radius 2 is 1.89 bits per heavy atom. The summed E-state index contributed by atoms with van der Waals surface area (Å²) in [6.45, 7) is 2.08. The Bertz CT molecular complexity index is 550. The lowest BCUT2D eigenvalue weighted by molar-refractivity contribution is 0.102. The molecule has 0 aliphatic heterocycles. The number of hydrogen-bond acceptors (Lipinski definition) is 4. The number of ether oxygens (including phenoxy) is 1. The summed E-state index contributed by atoms with van der Waals surface area (Å²) >= 11 is 0. The highest BCUT2D eigenvalue weighted by atomic mass is 16.5. The molecule has 1 aromatic heterocycles. The summed E-state index contributed by atoms with van der Waals surface area (Å²) in [5, 5.41) is 10.3. The molecule has 0 unspecified atom stereocenters. The molecule has 0 spiro atoms. The van der Waals surface area contributed by atoms with Gasteiger partial charge in [-0.3, -0.25) is 4.79 Å². The normalized spacial score (nSPS) is 10.0. The van der Waals surface area contributed by atoms with Gasteiger partial charge < -0.3 is 10.1 Å². The van der Waals surface area contributed by atoms with Crippen LogP contribution in [0.5, 0.6) is 5.88 Å². The van der Waals surface area contributed by atoms with Crippen LogP contribution < -0.4 is 10.1 Å². The Hall–Kier alpha value is -2.43. The molecule has 5 nitrogen and oxygen atoms in total. The highest BCUT2D eigenvalue weighted by molar-refractivity contribution is 6.02. The maximum atomic E-state index is 11.9. The van der Waals surface area contributed by atoms with Gasteiger partial charge in [0.25, 0.3) is 5.91 Å². The van der Waals surface area contributed by atoms with Crippen molar-refractivity contribution in [2.45, 2.75) is 13.3 Å². The van der Waals surface area contributed by atoms with E-state index >= 15 is 0 Å². The molecule has 19 heavy (non-hydrogen) atoms. The molecule has 0 radical (unpaired) electrons. The average molecular weight is 257 g/mol. The van der Waals surface area contributed by atoms with Crippen molar-refractivity contribution in [1.82, 2.24) is 10.2 Å². The molecule has 1 N–H and O–H groups in total. The van der Waals surface area contributed by atoms with Crippen molar-refractivity contribution in [3.63, 3.8) is 0 Å². The number of aryl methyl sites for hydroxylation is 1. The number of benzene rings is 1. The molecule has 98 valence electrons. The van der Waals surface area contributed by atoms with Crippen molar-refractivity contribution in [3.05, 3.63) is 47.7 Å². The van der Waals surface area contributed by atoms with E-state index in [0.29, 0.717) is 5.88 Å². The summed E-state index contributed by atoms with van der Waals surface area (Å²) in [6, 6.07) is 10.9. The number of rotatable bonds is 4. The van der Waals surface area contributed by atoms with Gasteiger partial charge in [0.15, 0.2) is 5.69 Å². The number of carbonyl (C=O) groups is 1. The van der Waals surface area contributed by atoms with Crippen LogP contribution in [0.3, 0.4) is 0 Å². The zero-order valence-electron chi connectivity index (χ0n) is 10.9. The minimum absolute atomic E-state index is 0.250. The first kappa shape index (κ1) is 13.0. The molecule has 1 aromatic carbocycles. The first-order valence-electron chi connectivity index (χ1n) is 6.01. The molecule has 5 heteroatoms. The Morgan fingerprint density at radius 1 is 1.16 bits per heavy atom. The van der Waals surface area contributed by atoms with Crippen LogP contribution in [0.25, 0.3) is 0 Å². The van der Waals surface area contributed by atoms with Gasteiger partial charge in [-0.15, -0.1) is 10.2 Å². The molecule has 0 aliphatic carbocycles. The van der Waals surface area contributed by atoms with Crippen LogP contribution in [0.4, 0.5) is 5.69 Å².